The molecule has 2 rings (SSSR count). The van der Waals surface area contributed by atoms with Crippen molar-refractivity contribution in [3.63, 3.8) is 0 Å². The van der Waals surface area contributed by atoms with E-state index in [1.807, 2.05) is 0 Å². The molecule has 114 valence electrons. The SMILES string of the molecule is CC(=O)OCCOc1cccc2c(S(=O)(=O)Cl)cn(C)c12. The fourth-order valence-electron chi connectivity index (χ4n) is 2.04. The number of rotatable bonds is 5. The highest BCUT2D eigenvalue weighted by Gasteiger charge is 2.19. The number of carbonyl (C=O) groups excluding carboxylic acids is 1. The summed E-state index contributed by atoms with van der Waals surface area (Å²) in [6.45, 7) is 1.61. The van der Waals surface area contributed by atoms with E-state index < -0.39 is 9.05 Å². The third-order valence-corrected chi connectivity index (χ3v) is 4.19. The van der Waals surface area contributed by atoms with Crippen LogP contribution in [0.5, 0.6) is 5.75 Å². The van der Waals surface area contributed by atoms with Gasteiger partial charge >= 0.3 is 5.97 Å². The maximum atomic E-state index is 11.6. The van der Waals surface area contributed by atoms with Crippen LogP contribution in [0.15, 0.2) is 29.3 Å². The highest BCUT2D eigenvalue weighted by Crippen LogP contribution is 2.33. The summed E-state index contributed by atoms with van der Waals surface area (Å²) in [5.74, 6) is 0.111. The molecule has 1 aromatic carbocycles. The molecule has 2 aromatic rings. The lowest BCUT2D eigenvalue weighted by molar-refractivity contribution is -0.141. The van der Waals surface area contributed by atoms with E-state index in [-0.39, 0.29) is 24.1 Å². The number of ether oxygens (including phenoxy) is 2. The first-order valence-corrected chi connectivity index (χ1v) is 8.40. The standard InChI is InChI=1S/C13H14ClNO5S/c1-9(16)19-6-7-20-11-5-3-4-10-12(21(14,17)18)8-15(2)13(10)11/h3-5,8H,6-7H2,1-2H3. The predicted octanol–water partition coefficient (Wildman–Crippen LogP) is 2.05. The van der Waals surface area contributed by atoms with E-state index in [9.17, 15) is 13.2 Å². The molecule has 0 bridgehead atoms. The molecule has 0 aliphatic carbocycles. The molecule has 1 heterocycles. The Bertz CT molecular complexity index is 781. The average Bonchev–Trinajstić information content (AvgIpc) is 2.73. The fourth-order valence-corrected chi connectivity index (χ4v) is 3.12. The first-order chi connectivity index (χ1) is 9.80. The molecule has 0 saturated carbocycles. The fraction of sp³-hybridized carbons (Fsp3) is 0.308. The minimum Gasteiger partial charge on any atom is -0.488 e. The minimum atomic E-state index is -3.84. The molecule has 0 saturated heterocycles. The third-order valence-electron chi connectivity index (χ3n) is 2.84. The van der Waals surface area contributed by atoms with Crippen LogP contribution < -0.4 is 4.74 Å². The number of esters is 1. The normalized spacial score (nSPS) is 11.6. The van der Waals surface area contributed by atoms with Gasteiger partial charge in [0.15, 0.2) is 0 Å². The number of nitrogens with zero attached hydrogens (tertiary/aromatic N) is 1. The van der Waals surface area contributed by atoms with Crippen LogP contribution in [-0.2, 0) is 25.6 Å². The summed E-state index contributed by atoms with van der Waals surface area (Å²) in [4.78, 5) is 10.7. The number of aryl methyl sites for hydroxylation is 1. The van der Waals surface area contributed by atoms with Crippen molar-refractivity contribution in [3.8, 4) is 5.75 Å². The lowest BCUT2D eigenvalue weighted by atomic mass is 10.2. The molecule has 0 atom stereocenters. The number of hydrogen-bond acceptors (Lipinski definition) is 5. The van der Waals surface area contributed by atoms with Crippen LogP contribution in [-0.4, -0.2) is 32.2 Å². The van der Waals surface area contributed by atoms with Crippen LogP contribution in [0.4, 0.5) is 0 Å². The monoisotopic (exact) mass is 331 g/mol. The van der Waals surface area contributed by atoms with E-state index in [1.165, 1.54) is 13.1 Å². The van der Waals surface area contributed by atoms with Crippen molar-refractivity contribution < 1.29 is 22.7 Å². The van der Waals surface area contributed by atoms with Crippen molar-refractivity contribution >= 4 is 36.6 Å². The molecule has 21 heavy (non-hydrogen) atoms. The quantitative estimate of drug-likeness (QED) is 0.476. The Morgan fingerprint density at radius 2 is 2.05 bits per heavy atom. The van der Waals surface area contributed by atoms with Crippen LogP contribution in [0.3, 0.4) is 0 Å². The first-order valence-electron chi connectivity index (χ1n) is 6.09. The van der Waals surface area contributed by atoms with Gasteiger partial charge in [-0.2, -0.15) is 0 Å². The van der Waals surface area contributed by atoms with Crippen molar-refractivity contribution in [2.45, 2.75) is 11.8 Å². The molecule has 0 fully saturated rings. The lowest BCUT2D eigenvalue weighted by Gasteiger charge is -2.09. The lowest BCUT2D eigenvalue weighted by Crippen LogP contribution is -2.09. The summed E-state index contributed by atoms with van der Waals surface area (Å²) in [7, 11) is 3.29. The zero-order chi connectivity index (χ0) is 15.6. The Morgan fingerprint density at radius 1 is 1.33 bits per heavy atom. The van der Waals surface area contributed by atoms with Crippen LogP contribution in [0, 0.1) is 0 Å². The Balaban J connectivity index is 2.34. The molecular weight excluding hydrogens is 318 g/mol. The highest BCUT2D eigenvalue weighted by molar-refractivity contribution is 8.14. The van der Waals surface area contributed by atoms with E-state index in [4.69, 9.17) is 20.2 Å². The van der Waals surface area contributed by atoms with E-state index >= 15 is 0 Å². The number of fused-ring (bicyclic) bond motifs is 1. The third kappa shape index (κ3) is 3.48. The van der Waals surface area contributed by atoms with Gasteiger partial charge in [-0.25, -0.2) is 8.42 Å². The summed E-state index contributed by atoms with van der Waals surface area (Å²) < 4.78 is 35.1. The Hall–Kier alpha value is -1.73. The number of carbonyl (C=O) groups is 1. The maximum Gasteiger partial charge on any atom is 0.302 e. The molecule has 0 aliphatic rings. The zero-order valence-electron chi connectivity index (χ0n) is 11.5. The number of aromatic nitrogens is 1. The van der Waals surface area contributed by atoms with Crippen LogP contribution in [0.2, 0.25) is 0 Å². The summed E-state index contributed by atoms with van der Waals surface area (Å²) in [6.07, 6.45) is 1.44. The average molecular weight is 332 g/mol. The molecule has 0 aliphatic heterocycles. The van der Waals surface area contributed by atoms with E-state index in [2.05, 4.69) is 0 Å². The predicted molar refractivity (Wildman–Crippen MR) is 78.1 cm³/mol. The van der Waals surface area contributed by atoms with E-state index in [1.54, 1.807) is 29.8 Å². The second-order valence-electron chi connectivity index (χ2n) is 4.38. The highest BCUT2D eigenvalue weighted by atomic mass is 35.7. The Morgan fingerprint density at radius 3 is 2.67 bits per heavy atom. The topological polar surface area (TPSA) is 74.6 Å². The van der Waals surface area contributed by atoms with Crippen molar-refractivity contribution in [1.29, 1.82) is 0 Å². The molecule has 0 radical (unpaired) electrons. The van der Waals surface area contributed by atoms with Gasteiger partial charge in [-0.05, 0) is 6.07 Å². The largest absolute Gasteiger partial charge is 0.488 e. The molecule has 0 amide bonds. The van der Waals surface area contributed by atoms with E-state index in [0.29, 0.717) is 16.7 Å². The van der Waals surface area contributed by atoms with Gasteiger partial charge in [0.25, 0.3) is 9.05 Å². The number of para-hydroxylation sites is 1. The second-order valence-corrected chi connectivity index (χ2v) is 6.92. The van der Waals surface area contributed by atoms with Gasteiger partial charge < -0.3 is 14.0 Å². The molecule has 1 aromatic heterocycles. The smallest absolute Gasteiger partial charge is 0.302 e. The number of halogens is 1. The van der Waals surface area contributed by atoms with Gasteiger partial charge in [-0.3, -0.25) is 4.79 Å². The maximum absolute atomic E-state index is 11.6. The van der Waals surface area contributed by atoms with E-state index in [0.717, 1.165) is 0 Å². The van der Waals surface area contributed by atoms with Crippen molar-refractivity contribution in [2.75, 3.05) is 13.2 Å². The summed E-state index contributed by atoms with van der Waals surface area (Å²) in [5, 5.41) is 0.484. The molecule has 6 nitrogen and oxygen atoms in total. The van der Waals surface area contributed by atoms with Gasteiger partial charge in [0.05, 0.1) is 5.52 Å². The van der Waals surface area contributed by atoms with Crippen LogP contribution >= 0.6 is 10.7 Å². The van der Waals surface area contributed by atoms with Crippen LogP contribution in [0.25, 0.3) is 10.9 Å². The number of benzene rings is 1. The molecular formula is C13H14ClNO5S. The second kappa shape index (κ2) is 5.95. The van der Waals surface area contributed by atoms with Gasteiger partial charge in [0.1, 0.15) is 23.9 Å². The molecule has 0 spiro atoms. The Kier molecular flexibility index (Phi) is 4.43. The number of hydrogen-bond donors (Lipinski definition) is 0. The molecule has 0 unspecified atom stereocenters. The van der Waals surface area contributed by atoms with Gasteiger partial charge in [-0.1, -0.05) is 12.1 Å². The van der Waals surface area contributed by atoms with Crippen LogP contribution in [0.1, 0.15) is 6.92 Å². The zero-order valence-corrected chi connectivity index (χ0v) is 13.1. The first kappa shape index (κ1) is 15.7. The van der Waals surface area contributed by atoms with Crippen molar-refractivity contribution in [3.05, 3.63) is 24.4 Å². The minimum absolute atomic E-state index is 0.0344. The van der Waals surface area contributed by atoms with Gasteiger partial charge in [-0.15, -0.1) is 0 Å². The Labute approximate surface area is 126 Å². The molecule has 0 N–H and O–H groups in total. The summed E-state index contributed by atoms with van der Waals surface area (Å²) >= 11 is 0. The van der Waals surface area contributed by atoms with Crippen molar-refractivity contribution in [1.82, 2.24) is 4.57 Å². The molecule has 8 heteroatoms. The summed E-state index contributed by atoms with van der Waals surface area (Å²) in [6, 6.07) is 5.04. The van der Waals surface area contributed by atoms with Crippen molar-refractivity contribution in [2.24, 2.45) is 7.05 Å². The van der Waals surface area contributed by atoms with Gasteiger partial charge in [0, 0.05) is 36.2 Å². The van der Waals surface area contributed by atoms with Gasteiger partial charge in [0.2, 0.25) is 0 Å². The summed E-state index contributed by atoms with van der Waals surface area (Å²) in [5.41, 5.74) is 0.611.